The fourth-order valence-corrected chi connectivity index (χ4v) is 5.04. The molecule has 2 saturated heterocycles. The van der Waals surface area contributed by atoms with Gasteiger partial charge < -0.3 is 30.0 Å². The van der Waals surface area contributed by atoms with Crippen molar-refractivity contribution in [3.63, 3.8) is 0 Å². The summed E-state index contributed by atoms with van der Waals surface area (Å²) in [5, 5.41) is 11.5. The van der Waals surface area contributed by atoms with Crippen LogP contribution in [0.5, 0.6) is 11.5 Å². The van der Waals surface area contributed by atoms with Gasteiger partial charge in [-0.3, -0.25) is 19.3 Å². The topological polar surface area (TPSA) is 132 Å². The molecule has 0 saturated carbocycles. The molecule has 0 aliphatic carbocycles. The third kappa shape index (κ3) is 6.81. The SMILES string of the molecule is Cc1cc(OC(C)C)ccc1C(O)=C1C(=O)C(=O)N(CCCN2CCOCC2)C1c1ccc(OCC(N)=O)cc1. The average Bonchev–Trinajstić information content (AvgIpc) is 3.17. The summed E-state index contributed by atoms with van der Waals surface area (Å²) in [6.07, 6.45) is 0.639. The molecule has 2 aromatic carbocycles. The van der Waals surface area contributed by atoms with Crippen molar-refractivity contribution in [1.29, 1.82) is 0 Å². The lowest BCUT2D eigenvalue weighted by molar-refractivity contribution is -0.140. The highest BCUT2D eigenvalue weighted by molar-refractivity contribution is 6.46. The minimum absolute atomic E-state index is 0.0171. The van der Waals surface area contributed by atoms with Crippen LogP contribution in [0.15, 0.2) is 48.0 Å². The summed E-state index contributed by atoms with van der Waals surface area (Å²) in [5.74, 6) is -1.15. The van der Waals surface area contributed by atoms with Crippen LogP contribution in [-0.2, 0) is 19.1 Å². The number of nitrogens with two attached hydrogens (primary N) is 1. The van der Waals surface area contributed by atoms with Crippen LogP contribution >= 0.6 is 0 Å². The molecule has 0 bridgehead atoms. The van der Waals surface area contributed by atoms with Crippen molar-refractivity contribution >= 4 is 23.4 Å². The monoisotopic (exact) mass is 551 g/mol. The number of rotatable bonds is 11. The summed E-state index contributed by atoms with van der Waals surface area (Å²) in [6.45, 7) is 9.50. The Balaban J connectivity index is 1.68. The molecule has 0 aromatic heterocycles. The number of amides is 2. The van der Waals surface area contributed by atoms with Gasteiger partial charge in [0, 0.05) is 31.7 Å². The van der Waals surface area contributed by atoms with Crippen LogP contribution in [0.3, 0.4) is 0 Å². The molecule has 2 aliphatic rings. The number of morpholine rings is 1. The molecule has 2 fully saturated rings. The van der Waals surface area contributed by atoms with Gasteiger partial charge in [-0.15, -0.1) is 0 Å². The fourth-order valence-electron chi connectivity index (χ4n) is 5.04. The standard InChI is InChI=1S/C30H37N3O7/c1-19(2)40-23-9-10-24(20(3)17-23)28(35)26-27(21-5-7-22(8-6-21)39-18-25(31)34)33(30(37)29(26)36)12-4-11-32-13-15-38-16-14-32/h5-10,17,19,27,35H,4,11-16,18H2,1-3H3,(H2,31,34). The second-order valence-corrected chi connectivity index (χ2v) is 10.3. The smallest absolute Gasteiger partial charge is 0.295 e. The van der Waals surface area contributed by atoms with Crippen molar-refractivity contribution < 1.29 is 33.7 Å². The minimum atomic E-state index is -0.791. The van der Waals surface area contributed by atoms with Gasteiger partial charge in [0.1, 0.15) is 17.3 Å². The van der Waals surface area contributed by atoms with Gasteiger partial charge in [0.15, 0.2) is 6.61 Å². The number of aliphatic hydroxyl groups excluding tert-OH is 1. The summed E-state index contributed by atoms with van der Waals surface area (Å²) in [7, 11) is 0. The van der Waals surface area contributed by atoms with Crippen molar-refractivity contribution in [3.8, 4) is 11.5 Å². The Hall–Kier alpha value is -3.89. The summed E-state index contributed by atoms with van der Waals surface area (Å²) >= 11 is 0. The van der Waals surface area contributed by atoms with E-state index in [4.69, 9.17) is 19.9 Å². The van der Waals surface area contributed by atoms with E-state index < -0.39 is 23.6 Å². The molecule has 10 nitrogen and oxygen atoms in total. The fraction of sp³-hybridized carbons (Fsp3) is 0.433. The highest BCUT2D eigenvalue weighted by Crippen LogP contribution is 2.40. The Labute approximate surface area is 234 Å². The molecule has 10 heteroatoms. The van der Waals surface area contributed by atoms with E-state index in [1.165, 1.54) is 4.90 Å². The molecule has 1 unspecified atom stereocenters. The van der Waals surface area contributed by atoms with Gasteiger partial charge in [-0.1, -0.05) is 12.1 Å². The number of Topliss-reactive ketones (excluding diaryl/α,β-unsaturated/α-hetero) is 1. The van der Waals surface area contributed by atoms with Crippen LogP contribution in [0.4, 0.5) is 0 Å². The molecule has 1 atom stereocenters. The lowest BCUT2D eigenvalue weighted by Crippen LogP contribution is -2.38. The van der Waals surface area contributed by atoms with Crippen molar-refractivity contribution in [2.75, 3.05) is 46.0 Å². The second kappa shape index (κ2) is 13.0. The van der Waals surface area contributed by atoms with Gasteiger partial charge in [0.2, 0.25) is 0 Å². The number of nitrogens with zero attached hydrogens (tertiary/aromatic N) is 2. The largest absolute Gasteiger partial charge is 0.507 e. The minimum Gasteiger partial charge on any atom is -0.507 e. The number of benzene rings is 2. The first-order valence-corrected chi connectivity index (χ1v) is 13.5. The van der Waals surface area contributed by atoms with Crippen molar-refractivity contribution in [2.24, 2.45) is 5.73 Å². The maximum atomic E-state index is 13.4. The van der Waals surface area contributed by atoms with E-state index in [1.807, 2.05) is 20.8 Å². The first-order chi connectivity index (χ1) is 19.2. The first kappa shape index (κ1) is 29.1. The van der Waals surface area contributed by atoms with E-state index in [-0.39, 0.29) is 24.0 Å². The molecule has 3 N–H and O–H groups in total. The Bertz CT molecular complexity index is 1270. The molecule has 2 heterocycles. The third-order valence-electron chi connectivity index (χ3n) is 6.92. The van der Waals surface area contributed by atoms with E-state index in [2.05, 4.69) is 4.90 Å². The van der Waals surface area contributed by atoms with Gasteiger partial charge in [-0.05, 0) is 68.7 Å². The molecule has 0 radical (unpaired) electrons. The van der Waals surface area contributed by atoms with Crippen molar-refractivity contribution in [3.05, 3.63) is 64.7 Å². The highest BCUT2D eigenvalue weighted by atomic mass is 16.5. The van der Waals surface area contributed by atoms with Gasteiger partial charge in [0.05, 0.1) is 30.9 Å². The molecule has 214 valence electrons. The molecule has 4 rings (SSSR count). The Morgan fingerprint density at radius 1 is 1.07 bits per heavy atom. The number of aliphatic hydroxyl groups is 1. The third-order valence-corrected chi connectivity index (χ3v) is 6.92. The average molecular weight is 552 g/mol. The number of ketones is 1. The molecular weight excluding hydrogens is 514 g/mol. The Morgan fingerprint density at radius 3 is 2.38 bits per heavy atom. The number of aryl methyl sites for hydroxylation is 1. The zero-order valence-corrected chi connectivity index (χ0v) is 23.2. The lowest BCUT2D eigenvalue weighted by Gasteiger charge is -2.29. The van der Waals surface area contributed by atoms with Gasteiger partial charge in [0.25, 0.3) is 17.6 Å². The molecule has 2 aliphatic heterocycles. The maximum absolute atomic E-state index is 13.4. The Morgan fingerprint density at radius 2 is 1.75 bits per heavy atom. The number of carbonyl (C=O) groups excluding carboxylic acids is 3. The zero-order chi connectivity index (χ0) is 28.8. The van der Waals surface area contributed by atoms with Crippen LogP contribution in [0.2, 0.25) is 0 Å². The van der Waals surface area contributed by atoms with Crippen LogP contribution in [0.25, 0.3) is 5.76 Å². The lowest BCUT2D eigenvalue weighted by atomic mass is 9.93. The van der Waals surface area contributed by atoms with Gasteiger partial charge in [-0.2, -0.15) is 0 Å². The summed E-state index contributed by atoms with van der Waals surface area (Å²) < 4.78 is 16.5. The van der Waals surface area contributed by atoms with Crippen LogP contribution in [0.1, 0.15) is 43.0 Å². The predicted octanol–water partition coefficient (Wildman–Crippen LogP) is 2.79. The first-order valence-electron chi connectivity index (χ1n) is 13.5. The molecular formula is C30H37N3O7. The predicted molar refractivity (Wildman–Crippen MR) is 149 cm³/mol. The maximum Gasteiger partial charge on any atom is 0.295 e. The second-order valence-electron chi connectivity index (χ2n) is 10.3. The number of hydrogen-bond donors (Lipinski definition) is 2. The van der Waals surface area contributed by atoms with Crippen LogP contribution in [0, 0.1) is 6.92 Å². The number of primary amides is 1. The van der Waals surface area contributed by atoms with E-state index in [9.17, 15) is 19.5 Å². The van der Waals surface area contributed by atoms with Crippen molar-refractivity contribution in [2.45, 2.75) is 39.3 Å². The number of ether oxygens (including phenoxy) is 3. The van der Waals surface area contributed by atoms with Gasteiger partial charge in [-0.25, -0.2) is 0 Å². The summed E-state index contributed by atoms with van der Waals surface area (Å²) in [5.41, 5.74) is 7.00. The number of carbonyl (C=O) groups is 3. The summed E-state index contributed by atoms with van der Waals surface area (Å²) in [6, 6.07) is 11.2. The van der Waals surface area contributed by atoms with Crippen LogP contribution in [-0.4, -0.2) is 84.6 Å². The van der Waals surface area contributed by atoms with Gasteiger partial charge >= 0.3 is 0 Å². The quantitative estimate of drug-likeness (QED) is 0.248. The Kier molecular flexibility index (Phi) is 9.44. The van der Waals surface area contributed by atoms with Crippen LogP contribution < -0.4 is 15.2 Å². The highest BCUT2D eigenvalue weighted by Gasteiger charge is 2.46. The zero-order valence-electron chi connectivity index (χ0n) is 23.2. The summed E-state index contributed by atoms with van der Waals surface area (Å²) in [4.78, 5) is 41.6. The molecule has 0 spiro atoms. The number of hydrogen-bond acceptors (Lipinski definition) is 8. The van der Waals surface area contributed by atoms with E-state index in [1.54, 1.807) is 42.5 Å². The molecule has 2 aromatic rings. The number of likely N-dealkylation sites (tertiary alicyclic amines) is 1. The van der Waals surface area contributed by atoms with E-state index in [0.717, 1.165) is 19.6 Å². The van der Waals surface area contributed by atoms with E-state index >= 15 is 0 Å². The normalized spacial score (nSPS) is 19.3. The van der Waals surface area contributed by atoms with E-state index in [0.29, 0.717) is 54.4 Å². The van der Waals surface area contributed by atoms with Crippen molar-refractivity contribution in [1.82, 2.24) is 9.80 Å². The molecule has 2 amide bonds. The molecule has 40 heavy (non-hydrogen) atoms.